The van der Waals surface area contributed by atoms with Crippen LogP contribution in [0.4, 0.5) is 0 Å². The SMILES string of the molecule is CCC(C)[C@H](NC(=O)[C@H](Cc1c[nH]c2ccccc12)n1c(=O)[nH]c2ccccc2c1=O)C(=O)O. The molecule has 2 aromatic carbocycles. The number of hydrogen-bond acceptors (Lipinski definition) is 4. The molecule has 0 saturated carbocycles. The smallest absolute Gasteiger partial charge is 0.329 e. The largest absolute Gasteiger partial charge is 0.480 e. The number of rotatable bonds is 8. The number of carbonyl (C=O) groups excluding carboxylic acids is 1. The number of nitrogens with one attached hydrogen (secondary N) is 3. The third-order valence-electron chi connectivity index (χ3n) is 6.32. The molecule has 34 heavy (non-hydrogen) atoms. The van der Waals surface area contributed by atoms with E-state index >= 15 is 0 Å². The molecule has 0 saturated heterocycles. The molecule has 3 atom stereocenters. The number of amides is 1. The van der Waals surface area contributed by atoms with Gasteiger partial charge in [0.15, 0.2) is 0 Å². The predicted octanol–water partition coefficient (Wildman–Crippen LogP) is 2.57. The number of aromatic amines is 2. The number of para-hydroxylation sites is 2. The second-order valence-electron chi connectivity index (χ2n) is 8.44. The maximum atomic E-state index is 13.5. The quantitative estimate of drug-likeness (QED) is 0.319. The third-order valence-corrected chi connectivity index (χ3v) is 6.32. The number of aromatic nitrogens is 3. The van der Waals surface area contributed by atoms with Crippen molar-refractivity contribution in [3.8, 4) is 0 Å². The summed E-state index contributed by atoms with van der Waals surface area (Å²) in [6, 6.07) is 11.6. The van der Waals surface area contributed by atoms with Gasteiger partial charge < -0.3 is 20.4 Å². The molecule has 4 aromatic rings. The van der Waals surface area contributed by atoms with Gasteiger partial charge in [-0.15, -0.1) is 0 Å². The van der Waals surface area contributed by atoms with Gasteiger partial charge in [-0.25, -0.2) is 14.2 Å². The van der Waals surface area contributed by atoms with Crippen molar-refractivity contribution in [1.29, 1.82) is 0 Å². The number of nitrogens with zero attached hydrogens (tertiary/aromatic N) is 1. The van der Waals surface area contributed by atoms with E-state index in [2.05, 4.69) is 15.3 Å². The van der Waals surface area contributed by atoms with E-state index in [0.717, 1.165) is 21.0 Å². The highest BCUT2D eigenvalue weighted by Crippen LogP contribution is 2.23. The molecule has 9 heteroatoms. The van der Waals surface area contributed by atoms with Gasteiger partial charge in [0.1, 0.15) is 12.1 Å². The molecule has 4 N–H and O–H groups in total. The molecule has 1 amide bonds. The fourth-order valence-corrected chi connectivity index (χ4v) is 4.20. The Morgan fingerprint density at radius 2 is 1.68 bits per heavy atom. The average Bonchev–Trinajstić information content (AvgIpc) is 3.24. The monoisotopic (exact) mass is 462 g/mol. The highest BCUT2D eigenvalue weighted by molar-refractivity contribution is 5.88. The topological polar surface area (TPSA) is 137 Å². The van der Waals surface area contributed by atoms with Crippen molar-refractivity contribution in [2.45, 2.75) is 38.8 Å². The number of carbonyl (C=O) groups is 2. The van der Waals surface area contributed by atoms with Gasteiger partial charge in [0, 0.05) is 23.5 Å². The number of carboxylic acids is 1. The molecule has 0 spiro atoms. The lowest BCUT2D eigenvalue weighted by atomic mass is 9.98. The molecule has 176 valence electrons. The van der Waals surface area contributed by atoms with E-state index in [1.54, 1.807) is 37.4 Å². The summed E-state index contributed by atoms with van der Waals surface area (Å²) in [4.78, 5) is 57.5. The summed E-state index contributed by atoms with van der Waals surface area (Å²) >= 11 is 0. The Bertz CT molecular complexity index is 1480. The van der Waals surface area contributed by atoms with E-state index in [0.29, 0.717) is 11.9 Å². The van der Waals surface area contributed by atoms with E-state index in [-0.39, 0.29) is 17.7 Å². The number of hydrogen-bond donors (Lipinski definition) is 4. The van der Waals surface area contributed by atoms with E-state index in [1.807, 2.05) is 31.2 Å². The van der Waals surface area contributed by atoms with Crippen molar-refractivity contribution < 1.29 is 14.7 Å². The summed E-state index contributed by atoms with van der Waals surface area (Å²) in [5, 5.41) is 13.3. The minimum absolute atomic E-state index is 0.0179. The first-order chi connectivity index (χ1) is 16.3. The molecule has 2 heterocycles. The van der Waals surface area contributed by atoms with Gasteiger partial charge in [0.05, 0.1) is 10.9 Å². The molecule has 0 fully saturated rings. The summed E-state index contributed by atoms with van der Waals surface area (Å²) < 4.78 is 0.884. The van der Waals surface area contributed by atoms with Crippen LogP contribution in [0.2, 0.25) is 0 Å². The molecular weight excluding hydrogens is 436 g/mol. The summed E-state index contributed by atoms with van der Waals surface area (Å²) in [5.41, 5.74) is 0.585. The summed E-state index contributed by atoms with van der Waals surface area (Å²) in [6.45, 7) is 3.55. The van der Waals surface area contributed by atoms with Crippen LogP contribution in [0.15, 0.2) is 64.3 Å². The molecule has 1 unspecified atom stereocenters. The Hall–Kier alpha value is -4.14. The van der Waals surface area contributed by atoms with Gasteiger partial charge >= 0.3 is 11.7 Å². The van der Waals surface area contributed by atoms with Gasteiger partial charge in [-0.05, 0) is 29.7 Å². The van der Waals surface area contributed by atoms with Gasteiger partial charge in [-0.2, -0.15) is 0 Å². The Morgan fingerprint density at radius 1 is 1.03 bits per heavy atom. The zero-order valence-corrected chi connectivity index (χ0v) is 18.9. The predicted molar refractivity (Wildman–Crippen MR) is 129 cm³/mol. The molecule has 2 aromatic heterocycles. The van der Waals surface area contributed by atoms with Gasteiger partial charge in [0.25, 0.3) is 5.56 Å². The minimum atomic E-state index is -1.26. The lowest BCUT2D eigenvalue weighted by molar-refractivity contribution is -0.143. The standard InChI is InChI=1S/C25H26N4O5/c1-3-14(2)21(24(32)33)28-22(30)20(12-15-13-26-18-10-6-4-8-16(15)18)29-23(31)17-9-5-7-11-19(17)27-25(29)34/h4-11,13-14,20-21,26H,3,12H2,1-2H3,(H,27,34)(H,28,30)(H,32,33)/t14?,20-,21-/m0/s1. The second-order valence-corrected chi connectivity index (χ2v) is 8.44. The van der Waals surface area contributed by atoms with Crippen LogP contribution in [0.1, 0.15) is 31.9 Å². The molecule has 0 bridgehead atoms. The van der Waals surface area contributed by atoms with Crippen molar-refractivity contribution in [3.63, 3.8) is 0 Å². The van der Waals surface area contributed by atoms with E-state index < -0.39 is 35.2 Å². The summed E-state index contributed by atoms with van der Waals surface area (Å²) in [7, 11) is 0. The van der Waals surface area contributed by atoms with Crippen molar-refractivity contribution in [2.75, 3.05) is 0 Å². The molecular formula is C25H26N4O5. The second kappa shape index (κ2) is 9.38. The first-order valence-electron chi connectivity index (χ1n) is 11.1. The first-order valence-corrected chi connectivity index (χ1v) is 11.1. The van der Waals surface area contributed by atoms with E-state index in [9.17, 15) is 24.3 Å². The zero-order valence-electron chi connectivity index (χ0n) is 18.9. The van der Waals surface area contributed by atoms with Crippen LogP contribution < -0.4 is 16.6 Å². The molecule has 4 rings (SSSR count). The maximum Gasteiger partial charge on any atom is 0.329 e. The Balaban J connectivity index is 1.84. The van der Waals surface area contributed by atoms with Crippen molar-refractivity contribution >= 4 is 33.7 Å². The lowest BCUT2D eigenvalue weighted by Crippen LogP contribution is -2.51. The van der Waals surface area contributed by atoms with Crippen LogP contribution in [-0.4, -0.2) is 37.6 Å². The third kappa shape index (κ3) is 4.24. The molecule has 9 nitrogen and oxygen atoms in total. The lowest BCUT2D eigenvalue weighted by Gasteiger charge is -2.24. The number of benzene rings is 2. The molecule has 0 aliphatic carbocycles. The van der Waals surface area contributed by atoms with Crippen molar-refractivity contribution in [3.05, 3.63) is 81.1 Å². The fraction of sp³-hybridized carbons (Fsp3) is 0.280. The Morgan fingerprint density at radius 3 is 2.35 bits per heavy atom. The van der Waals surface area contributed by atoms with E-state index in [1.165, 1.54) is 0 Å². The molecule has 0 radical (unpaired) electrons. The highest BCUT2D eigenvalue weighted by Gasteiger charge is 2.32. The minimum Gasteiger partial charge on any atom is -0.480 e. The van der Waals surface area contributed by atoms with Crippen LogP contribution in [0.25, 0.3) is 21.8 Å². The normalized spacial score (nSPS) is 14.1. The van der Waals surface area contributed by atoms with Gasteiger partial charge in [-0.1, -0.05) is 50.6 Å². The van der Waals surface area contributed by atoms with Crippen molar-refractivity contribution in [1.82, 2.24) is 19.9 Å². The average molecular weight is 463 g/mol. The van der Waals surface area contributed by atoms with Crippen LogP contribution in [0, 0.1) is 5.92 Å². The Labute approximate surface area is 194 Å². The number of fused-ring (bicyclic) bond motifs is 2. The maximum absolute atomic E-state index is 13.5. The summed E-state index contributed by atoms with van der Waals surface area (Å²) in [6.07, 6.45) is 2.28. The first kappa shape index (κ1) is 23.0. The van der Waals surface area contributed by atoms with Gasteiger partial charge in [-0.3, -0.25) is 9.59 Å². The van der Waals surface area contributed by atoms with Crippen LogP contribution in [0.3, 0.4) is 0 Å². The van der Waals surface area contributed by atoms with Crippen molar-refractivity contribution in [2.24, 2.45) is 5.92 Å². The highest BCUT2D eigenvalue weighted by atomic mass is 16.4. The Kier molecular flexibility index (Phi) is 6.36. The van der Waals surface area contributed by atoms with Gasteiger partial charge in [0.2, 0.25) is 5.91 Å². The molecule has 0 aliphatic rings. The van der Waals surface area contributed by atoms with Crippen LogP contribution in [-0.2, 0) is 16.0 Å². The summed E-state index contributed by atoms with van der Waals surface area (Å²) in [5.74, 6) is -2.23. The number of H-pyrrole nitrogens is 2. The van der Waals surface area contributed by atoms with E-state index in [4.69, 9.17) is 0 Å². The fourth-order valence-electron chi connectivity index (χ4n) is 4.20. The van der Waals surface area contributed by atoms with Crippen LogP contribution >= 0.6 is 0 Å². The zero-order chi connectivity index (χ0) is 24.4. The number of carboxylic acid groups (broad SMARTS) is 1. The molecule has 0 aliphatic heterocycles. The van der Waals surface area contributed by atoms with Crippen LogP contribution in [0.5, 0.6) is 0 Å². The number of aliphatic carboxylic acids is 1.